The largest absolute Gasteiger partial charge is 0.449 e. The lowest BCUT2D eigenvalue weighted by Gasteiger charge is -2.09. The van der Waals surface area contributed by atoms with Gasteiger partial charge in [-0.05, 0) is 19.1 Å². The molecule has 0 radical (unpaired) electrons. The average Bonchev–Trinajstić information content (AvgIpc) is 2.65. The summed E-state index contributed by atoms with van der Waals surface area (Å²) in [6.07, 6.45) is 0.181. The molecule has 0 aliphatic heterocycles. The average molecular weight is 194 g/mol. The summed E-state index contributed by atoms with van der Waals surface area (Å²) in [5, 5.41) is 11.7. The summed E-state index contributed by atoms with van der Waals surface area (Å²) in [4.78, 5) is 0. The first-order valence-corrected chi connectivity index (χ1v) is 4.48. The normalized spacial score (nSPS) is 12.4. The Labute approximate surface area is 83.5 Å². The van der Waals surface area contributed by atoms with Gasteiger partial charge >= 0.3 is 0 Å². The van der Waals surface area contributed by atoms with Crippen LogP contribution < -0.4 is 5.32 Å². The van der Waals surface area contributed by atoms with E-state index in [-0.39, 0.29) is 6.10 Å². The standard InChI is InChI=1S/C10H14N2O2/c1-8(13-2)6-12-7-10-4-3-9(5-11)14-10/h3-4,8,12H,6-7H2,1-2H3. The number of nitriles is 1. The van der Waals surface area contributed by atoms with Crippen LogP contribution >= 0.6 is 0 Å². The first-order valence-electron chi connectivity index (χ1n) is 4.48. The molecule has 76 valence electrons. The van der Waals surface area contributed by atoms with Crippen LogP contribution in [-0.4, -0.2) is 19.8 Å². The Hall–Kier alpha value is -1.31. The van der Waals surface area contributed by atoms with Crippen LogP contribution in [0.5, 0.6) is 0 Å². The predicted molar refractivity (Wildman–Crippen MR) is 51.6 cm³/mol. The lowest BCUT2D eigenvalue weighted by atomic mass is 10.4. The zero-order valence-corrected chi connectivity index (χ0v) is 8.41. The molecule has 0 spiro atoms. The summed E-state index contributed by atoms with van der Waals surface area (Å²) in [5.74, 6) is 1.12. The van der Waals surface area contributed by atoms with Gasteiger partial charge in [0.25, 0.3) is 0 Å². The van der Waals surface area contributed by atoms with E-state index in [1.807, 2.05) is 13.0 Å². The molecular formula is C10H14N2O2. The zero-order chi connectivity index (χ0) is 10.4. The summed E-state index contributed by atoms with van der Waals surface area (Å²) in [6, 6.07) is 5.40. The maximum atomic E-state index is 8.52. The Bertz CT molecular complexity index is 314. The fourth-order valence-corrected chi connectivity index (χ4v) is 1.01. The maximum absolute atomic E-state index is 8.52. The van der Waals surface area contributed by atoms with Gasteiger partial charge in [-0.3, -0.25) is 0 Å². The Morgan fingerprint density at radius 3 is 3.00 bits per heavy atom. The molecule has 0 aromatic carbocycles. The van der Waals surface area contributed by atoms with Gasteiger partial charge in [-0.2, -0.15) is 5.26 Å². The van der Waals surface area contributed by atoms with E-state index in [4.69, 9.17) is 14.4 Å². The van der Waals surface area contributed by atoms with Gasteiger partial charge in [0.2, 0.25) is 5.76 Å². The van der Waals surface area contributed by atoms with Gasteiger partial charge < -0.3 is 14.5 Å². The van der Waals surface area contributed by atoms with Crippen LogP contribution in [-0.2, 0) is 11.3 Å². The number of hydrogen-bond donors (Lipinski definition) is 1. The fourth-order valence-electron chi connectivity index (χ4n) is 1.01. The highest BCUT2D eigenvalue weighted by atomic mass is 16.5. The molecule has 4 heteroatoms. The maximum Gasteiger partial charge on any atom is 0.203 e. The molecule has 0 bridgehead atoms. The zero-order valence-electron chi connectivity index (χ0n) is 8.41. The molecule has 1 rings (SSSR count). The molecule has 1 heterocycles. The van der Waals surface area contributed by atoms with Gasteiger partial charge in [0.1, 0.15) is 11.8 Å². The van der Waals surface area contributed by atoms with Crippen molar-refractivity contribution in [3.8, 4) is 6.07 Å². The van der Waals surface area contributed by atoms with Gasteiger partial charge in [0.05, 0.1) is 12.6 Å². The van der Waals surface area contributed by atoms with Crippen LogP contribution in [0.15, 0.2) is 16.5 Å². The lowest BCUT2D eigenvalue weighted by molar-refractivity contribution is 0.116. The minimum Gasteiger partial charge on any atom is -0.449 e. The minimum absolute atomic E-state index is 0.181. The molecular weight excluding hydrogens is 180 g/mol. The van der Waals surface area contributed by atoms with E-state index in [0.29, 0.717) is 12.3 Å². The predicted octanol–water partition coefficient (Wildman–Crippen LogP) is 1.28. The summed E-state index contributed by atoms with van der Waals surface area (Å²) >= 11 is 0. The number of hydrogen-bond acceptors (Lipinski definition) is 4. The summed E-state index contributed by atoms with van der Waals surface area (Å²) in [5.41, 5.74) is 0. The fraction of sp³-hybridized carbons (Fsp3) is 0.500. The number of nitrogens with zero attached hydrogens (tertiary/aromatic N) is 1. The van der Waals surface area contributed by atoms with E-state index in [0.717, 1.165) is 12.3 Å². The third-order valence-electron chi connectivity index (χ3n) is 1.91. The third-order valence-corrected chi connectivity index (χ3v) is 1.91. The molecule has 1 N–H and O–H groups in total. The third kappa shape index (κ3) is 3.21. The van der Waals surface area contributed by atoms with E-state index < -0.39 is 0 Å². The van der Waals surface area contributed by atoms with Gasteiger partial charge in [-0.25, -0.2) is 0 Å². The molecule has 14 heavy (non-hydrogen) atoms. The molecule has 0 fully saturated rings. The Balaban J connectivity index is 2.28. The van der Waals surface area contributed by atoms with Crippen LogP contribution in [0.1, 0.15) is 18.4 Å². The number of nitrogens with one attached hydrogen (secondary N) is 1. The van der Waals surface area contributed by atoms with E-state index in [1.54, 1.807) is 19.2 Å². The Kier molecular flexibility index (Phi) is 4.17. The van der Waals surface area contributed by atoms with Crippen molar-refractivity contribution in [2.75, 3.05) is 13.7 Å². The molecule has 1 aromatic rings. The second-order valence-corrected chi connectivity index (χ2v) is 3.05. The molecule has 1 atom stereocenters. The second kappa shape index (κ2) is 5.43. The van der Waals surface area contributed by atoms with Crippen molar-refractivity contribution in [2.24, 2.45) is 0 Å². The lowest BCUT2D eigenvalue weighted by Crippen LogP contribution is -2.25. The second-order valence-electron chi connectivity index (χ2n) is 3.05. The highest BCUT2D eigenvalue weighted by molar-refractivity contribution is 5.18. The first-order chi connectivity index (χ1) is 6.76. The minimum atomic E-state index is 0.181. The summed E-state index contributed by atoms with van der Waals surface area (Å²) in [7, 11) is 1.67. The van der Waals surface area contributed by atoms with Crippen molar-refractivity contribution in [3.05, 3.63) is 23.7 Å². The SMILES string of the molecule is COC(C)CNCc1ccc(C#N)o1. The van der Waals surface area contributed by atoms with Gasteiger partial charge in [-0.15, -0.1) is 0 Å². The van der Waals surface area contributed by atoms with Crippen molar-refractivity contribution in [3.63, 3.8) is 0 Å². The van der Waals surface area contributed by atoms with Crippen LogP contribution in [0.3, 0.4) is 0 Å². The van der Waals surface area contributed by atoms with Crippen molar-refractivity contribution in [1.82, 2.24) is 5.32 Å². The topological polar surface area (TPSA) is 58.2 Å². The first kappa shape index (κ1) is 10.8. The summed E-state index contributed by atoms with van der Waals surface area (Å²) < 4.78 is 10.3. The number of rotatable bonds is 5. The van der Waals surface area contributed by atoms with E-state index >= 15 is 0 Å². The van der Waals surface area contributed by atoms with E-state index in [2.05, 4.69) is 5.32 Å². The van der Waals surface area contributed by atoms with Crippen LogP contribution in [0, 0.1) is 11.3 Å². The molecule has 0 saturated carbocycles. The van der Waals surface area contributed by atoms with Gasteiger partial charge in [-0.1, -0.05) is 0 Å². The monoisotopic (exact) mass is 194 g/mol. The number of ether oxygens (including phenoxy) is 1. The Morgan fingerprint density at radius 2 is 2.43 bits per heavy atom. The molecule has 0 aliphatic carbocycles. The highest BCUT2D eigenvalue weighted by Gasteiger charge is 2.02. The van der Waals surface area contributed by atoms with Crippen molar-refractivity contribution >= 4 is 0 Å². The van der Waals surface area contributed by atoms with Gasteiger partial charge in [0.15, 0.2) is 0 Å². The molecule has 0 aliphatic rings. The van der Waals surface area contributed by atoms with Crippen LogP contribution in [0.25, 0.3) is 0 Å². The van der Waals surface area contributed by atoms with Crippen molar-refractivity contribution < 1.29 is 9.15 Å². The molecule has 1 unspecified atom stereocenters. The molecule has 1 aromatic heterocycles. The molecule has 4 nitrogen and oxygen atoms in total. The van der Waals surface area contributed by atoms with Crippen LogP contribution in [0.4, 0.5) is 0 Å². The van der Waals surface area contributed by atoms with Gasteiger partial charge in [0, 0.05) is 13.7 Å². The quantitative estimate of drug-likeness (QED) is 0.767. The summed E-state index contributed by atoms with van der Waals surface area (Å²) in [6.45, 7) is 3.37. The smallest absolute Gasteiger partial charge is 0.203 e. The number of methoxy groups -OCH3 is 1. The highest BCUT2D eigenvalue weighted by Crippen LogP contribution is 2.05. The Morgan fingerprint density at radius 1 is 1.64 bits per heavy atom. The number of furan rings is 1. The van der Waals surface area contributed by atoms with Crippen LogP contribution in [0.2, 0.25) is 0 Å². The van der Waals surface area contributed by atoms with E-state index in [9.17, 15) is 0 Å². The molecule has 0 saturated heterocycles. The van der Waals surface area contributed by atoms with E-state index in [1.165, 1.54) is 0 Å². The van der Waals surface area contributed by atoms with Crippen molar-refractivity contribution in [2.45, 2.75) is 19.6 Å². The molecule has 0 amide bonds. The van der Waals surface area contributed by atoms with Crippen molar-refractivity contribution in [1.29, 1.82) is 5.26 Å².